The van der Waals surface area contributed by atoms with Gasteiger partial charge in [-0.3, -0.25) is 19.3 Å². The van der Waals surface area contributed by atoms with E-state index in [1.54, 1.807) is 29.2 Å². The molecule has 0 radical (unpaired) electrons. The summed E-state index contributed by atoms with van der Waals surface area (Å²) in [6.07, 6.45) is 0.228. The number of nitrogens with one attached hydrogen (secondary N) is 2. The fraction of sp³-hybridized carbons (Fsp3) is 0.304. The van der Waals surface area contributed by atoms with Gasteiger partial charge in [0.2, 0.25) is 11.8 Å². The smallest absolute Gasteiger partial charge is 0.258 e. The molecule has 0 aliphatic carbocycles. The monoisotopic (exact) mass is 419 g/mol. The standard InChI is InChI=1S/C23H25N5O3/c1-3-27(13-20-24-17-9-5-4-8-16(17)23(31)26-20)14-22(30)28-15(2)12-21(29)25-18-10-6-7-11-19(18)28/h4-11,15H,3,12-14H2,1-2H3,(H,25,29)(H,24,26,31)/t15-/m0/s1. The number of aromatic nitrogens is 2. The van der Waals surface area contributed by atoms with Crippen molar-refractivity contribution in [1.29, 1.82) is 0 Å². The molecule has 2 N–H and O–H groups in total. The zero-order valence-electron chi connectivity index (χ0n) is 17.6. The van der Waals surface area contributed by atoms with Gasteiger partial charge in [0.1, 0.15) is 5.82 Å². The molecule has 0 fully saturated rings. The lowest BCUT2D eigenvalue weighted by Gasteiger charge is -2.30. The van der Waals surface area contributed by atoms with Crippen LogP contribution in [0.5, 0.6) is 0 Å². The number of fused-ring (bicyclic) bond motifs is 2. The second-order valence-corrected chi connectivity index (χ2v) is 7.72. The van der Waals surface area contributed by atoms with Gasteiger partial charge in [0, 0.05) is 12.5 Å². The Kier molecular flexibility index (Phi) is 5.81. The third-order valence-electron chi connectivity index (χ3n) is 5.47. The van der Waals surface area contributed by atoms with E-state index in [0.717, 1.165) is 0 Å². The summed E-state index contributed by atoms with van der Waals surface area (Å²) >= 11 is 0. The summed E-state index contributed by atoms with van der Waals surface area (Å²) in [6, 6.07) is 14.2. The van der Waals surface area contributed by atoms with Gasteiger partial charge in [0.05, 0.1) is 35.4 Å². The highest BCUT2D eigenvalue weighted by molar-refractivity contribution is 6.04. The van der Waals surface area contributed by atoms with Crippen LogP contribution in [0.2, 0.25) is 0 Å². The molecule has 2 amide bonds. The van der Waals surface area contributed by atoms with Crippen molar-refractivity contribution in [3.8, 4) is 0 Å². The summed E-state index contributed by atoms with van der Waals surface area (Å²) in [5, 5.41) is 3.41. The third-order valence-corrected chi connectivity index (χ3v) is 5.47. The minimum absolute atomic E-state index is 0.110. The van der Waals surface area contributed by atoms with E-state index in [9.17, 15) is 14.4 Å². The lowest BCUT2D eigenvalue weighted by molar-refractivity contribution is -0.120. The first-order valence-electron chi connectivity index (χ1n) is 10.4. The zero-order valence-corrected chi connectivity index (χ0v) is 17.6. The van der Waals surface area contributed by atoms with Crippen LogP contribution >= 0.6 is 0 Å². The number of carbonyl (C=O) groups excluding carboxylic acids is 2. The van der Waals surface area contributed by atoms with Crippen molar-refractivity contribution in [3.05, 3.63) is 64.7 Å². The van der Waals surface area contributed by atoms with E-state index in [-0.39, 0.29) is 36.4 Å². The van der Waals surface area contributed by atoms with Crippen molar-refractivity contribution in [2.75, 3.05) is 23.3 Å². The van der Waals surface area contributed by atoms with Gasteiger partial charge < -0.3 is 15.2 Å². The Morgan fingerprint density at radius 1 is 1.16 bits per heavy atom. The molecule has 0 spiro atoms. The largest absolute Gasteiger partial charge is 0.324 e. The molecule has 0 saturated carbocycles. The van der Waals surface area contributed by atoms with Crippen LogP contribution < -0.4 is 15.8 Å². The number of hydrogen-bond donors (Lipinski definition) is 2. The molecular formula is C23H25N5O3. The van der Waals surface area contributed by atoms with Crippen LogP contribution in [0.4, 0.5) is 11.4 Å². The van der Waals surface area contributed by atoms with Crippen LogP contribution in [0.3, 0.4) is 0 Å². The fourth-order valence-electron chi connectivity index (χ4n) is 3.94. The van der Waals surface area contributed by atoms with Crippen molar-refractivity contribution in [2.45, 2.75) is 32.9 Å². The SMILES string of the molecule is CCN(CC(=O)N1c2ccccc2NC(=O)C[C@@H]1C)Cc1nc2ccccc2c(=O)[nH]1. The summed E-state index contributed by atoms with van der Waals surface area (Å²) in [4.78, 5) is 48.8. The molecule has 1 aliphatic heterocycles. The molecule has 31 heavy (non-hydrogen) atoms. The molecule has 8 nitrogen and oxygen atoms in total. The molecule has 0 saturated heterocycles. The molecule has 2 heterocycles. The number of anilines is 2. The van der Waals surface area contributed by atoms with Gasteiger partial charge in [-0.15, -0.1) is 0 Å². The van der Waals surface area contributed by atoms with Crippen molar-refractivity contribution in [1.82, 2.24) is 14.9 Å². The normalized spacial score (nSPS) is 16.2. The maximum atomic E-state index is 13.3. The molecule has 0 bridgehead atoms. The Morgan fingerprint density at radius 2 is 1.90 bits per heavy atom. The molecule has 4 rings (SSSR count). The predicted molar refractivity (Wildman–Crippen MR) is 120 cm³/mol. The number of H-pyrrole nitrogens is 1. The highest BCUT2D eigenvalue weighted by atomic mass is 16.2. The lowest BCUT2D eigenvalue weighted by Crippen LogP contribution is -2.45. The zero-order chi connectivity index (χ0) is 22.0. The van der Waals surface area contributed by atoms with E-state index in [1.807, 2.05) is 43.0 Å². The first kappa shape index (κ1) is 20.7. The summed E-state index contributed by atoms with van der Waals surface area (Å²) < 4.78 is 0. The molecule has 0 unspecified atom stereocenters. The molecular weight excluding hydrogens is 394 g/mol. The van der Waals surface area contributed by atoms with E-state index in [0.29, 0.717) is 41.2 Å². The average molecular weight is 419 g/mol. The summed E-state index contributed by atoms with van der Waals surface area (Å²) in [5.74, 6) is 0.293. The predicted octanol–water partition coefficient (Wildman–Crippen LogP) is 2.51. The lowest BCUT2D eigenvalue weighted by atomic mass is 10.1. The molecule has 3 aromatic rings. The summed E-state index contributed by atoms with van der Waals surface area (Å²) in [6.45, 7) is 4.90. The summed E-state index contributed by atoms with van der Waals surface area (Å²) in [7, 11) is 0. The van der Waals surface area contributed by atoms with Crippen LogP contribution in [0.25, 0.3) is 10.9 Å². The van der Waals surface area contributed by atoms with E-state index in [4.69, 9.17) is 0 Å². The minimum Gasteiger partial charge on any atom is -0.324 e. The maximum Gasteiger partial charge on any atom is 0.258 e. The molecule has 2 aromatic carbocycles. The van der Waals surface area contributed by atoms with E-state index in [1.165, 1.54) is 0 Å². The number of hydrogen-bond acceptors (Lipinski definition) is 5. The Hall–Kier alpha value is -3.52. The first-order chi connectivity index (χ1) is 15.0. The average Bonchev–Trinajstić information content (AvgIpc) is 2.87. The minimum atomic E-state index is -0.270. The second kappa shape index (κ2) is 8.69. The van der Waals surface area contributed by atoms with E-state index >= 15 is 0 Å². The number of nitrogens with zero attached hydrogens (tertiary/aromatic N) is 3. The molecule has 1 aliphatic rings. The van der Waals surface area contributed by atoms with Crippen LogP contribution in [0, 0.1) is 0 Å². The fourth-order valence-corrected chi connectivity index (χ4v) is 3.94. The van der Waals surface area contributed by atoms with Crippen molar-refractivity contribution < 1.29 is 9.59 Å². The van der Waals surface area contributed by atoms with Gasteiger partial charge in [-0.05, 0) is 37.7 Å². The number of benzene rings is 2. The molecule has 160 valence electrons. The van der Waals surface area contributed by atoms with Gasteiger partial charge in [0.25, 0.3) is 5.56 Å². The van der Waals surface area contributed by atoms with Gasteiger partial charge in [0.15, 0.2) is 0 Å². The number of likely N-dealkylation sites (N-methyl/N-ethyl adjacent to an activating group) is 1. The topological polar surface area (TPSA) is 98.4 Å². The third kappa shape index (κ3) is 4.34. The highest BCUT2D eigenvalue weighted by Gasteiger charge is 2.30. The van der Waals surface area contributed by atoms with E-state index in [2.05, 4.69) is 15.3 Å². The van der Waals surface area contributed by atoms with E-state index < -0.39 is 0 Å². The van der Waals surface area contributed by atoms with Crippen LogP contribution in [-0.2, 0) is 16.1 Å². The van der Waals surface area contributed by atoms with Crippen molar-refractivity contribution in [2.24, 2.45) is 0 Å². The number of rotatable bonds is 5. The molecule has 1 atom stereocenters. The molecule has 8 heteroatoms. The Labute approximate surface area is 179 Å². The maximum absolute atomic E-state index is 13.3. The number of carbonyl (C=O) groups is 2. The highest BCUT2D eigenvalue weighted by Crippen LogP contribution is 2.31. The summed E-state index contributed by atoms with van der Waals surface area (Å²) in [5.41, 5.74) is 1.76. The Bertz CT molecular complexity index is 1190. The Morgan fingerprint density at radius 3 is 2.71 bits per heavy atom. The number of amides is 2. The van der Waals surface area contributed by atoms with Crippen LogP contribution in [0.1, 0.15) is 26.1 Å². The van der Waals surface area contributed by atoms with Crippen LogP contribution in [-0.4, -0.2) is 45.8 Å². The van der Waals surface area contributed by atoms with Gasteiger partial charge in [-0.1, -0.05) is 31.2 Å². The first-order valence-corrected chi connectivity index (χ1v) is 10.4. The molecule has 1 aromatic heterocycles. The van der Waals surface area contributed by atoms with Gasteiger partial charge >= 0.3 is 0 Å². The van der Waals surface area contributed by atoms with Gasteiger partial charge in [-0.25, -0.2) is 4.98 Å². The van der Waals surface area contributed by atoms with Gasteiger partial charge in [-0.2, -0.15) is 0 Å². The quantitative estimate of drug-likeness (QED) is 0.662. The second-order valence-electron chi connectivity index (χ2n) is 7.72. The number of para-hydroxylation sites is 3. The Balaban J connectivity index is 1.57. The van der Waals surface area contributed by atoms with Crippen molar-refractivity contribution >= 4 is 34.1 Å². The van der Waals surface area contributed by atoms with Crippen LogP contribution in [0.15, 0.2) is 53.3 Å². The van der Waals surface area contributed by atoms with Crippen molar-refractivity contribution in [3.63, 3.8) is 0 Å². The number of aromatic amines is 1.